The molecule has 0 saturated carbocycles. The first-order valence-electron chi connectivity index (χ1n) is 6.55. The van der Waals surface area contributed by atoms with Gasteiger partial charge in [0.05, 0.1) is 5.41 Å². The first-order chi connectivity index (χ1) is 7.98. The van der Waals surface area contributed by atoms with Gasteiger partial charge < -0.3 is 9.80 Å². The van der Waals surface area contributed by atoms with E-state index in [0.717, 1.165) is 32.6 Å². The average Bonchev–Trinajstić information content (AvgIpc) is 2.28. The second kappa shape index (κ2) is 4.31. The zero-order valence-corrected chi connectivity index (χ0v) is 11.0. The summed E-state index contributed by atoms with van der Waals surface area (Å²) < 4.78 is 0. The third kappa shape index (κ3) is 2.05. The highest BCUT2D eigenvalue weighted by atomic mass is 16.2. The van der Waals surface area contributed by atoms with Gasteiger partial charge in [-0.1, -0.05) is 13.8 Å². The maximum absolute atomic E-state index is 12.2. The van der Waals surface area contributed by atoms with E-state index >= 15 is 0 Å². The Kier molecular flexibility index (Phi) is 3.15. The van der Waals surface area contributed by atoms with Crippen molar-refractivity contribution in [3.8, 4) is 0 Å². The van der Waals surface area contributed by atoms with E-state index in [9.17, 15) is 9.59 Å². The zero-order valence-electron chi connectivity index (χ0n) is 11.0. The van der Waals surface area contributed by atoms with Crippen LogP contribution in [0.15, 0.2) is 0 Å². The van der Waals surface area contributed by atoms with E-state index in [0.29, 0.717) is 12.3 Å². The van der Waals surface area contributed by atoms with Gasteiger partial charge in [-0.15, -0.1) is 0 Å². The maximum atomic E-state index is 12.2. The van der Waals surface area contributed by atoms with Crippen LogP contribution in [-0.2, 0) is 9.59 Å². The fraction of sp³-hybridized carbons (Fsp3) is 0.846. The molecule has 0 radical (unpaired) electrons. The van der Waals surface area contributed by atoms with Crippen LogP contribution in [-0.4, -0.2) is 47.8 Å². The molecule has 0 aliphatic carbocycles. The van der Waals surface area contributed by atoms with Gasteiger partial charge in [0.25, 0.3) is 0 Å². The number of nitrogens with zero attached hydrogens (tertiary/aromatic N) is 2. The van der Waals surface area contributed by atoms with Crippen molar-refractivity contribution in [2.75, 3.05) is 26.2 Å². The predicted octanol–water partition coefficient (Wildman–Crippen LogP) is 1.11. The normalized spacial score (nSPS) is 29.2. The number of rotatable bonds is 3. The number of piperidine rings is 1. The number of likely N-dealkylation sites (tertiary alicyclic amines) is 2. The first kappa shape index (κ1) is 12.4. The highest BCUT2D eigenvalue weighted by molar-refractivity contribution is 5.94. The lowest BCUT2D eigenvalue weighted by molar-refractivity contribution is -0.171. The molecule has 2 saturated heterocycles. The van der Waals surface area contributed by atoms with Gasteiger partial charge in [0.15, 0.2) is 0 Å². The zero-order chi connectivity index (χ0) is 12.6. The summed E-state index contributed by atoms with van der Waals surface area (Å²) in [7, 11) is 0. The fourth-order valence-electron chi connectivity index (χ4n) is 2.95. The molecule has 2 heterocycles. The Morgan fingerprint density at radius 3 is 2.47 bits per heavy atom. The van der Waals surface area contributed by atoms with Gasteiger partial charge in [-0.2, -0.15) is 0 Å². The largest absolute Gasteiger partial charge is 0.343 e. The minimum Gasteiger partial charge on any atom is -0.343 e. The standard InChI is InChI=1S/C13H22N2O2/c1-4-14-6-5-13(7-11(14)16)9-15(12(13)17)8-10(2)3/h10H,4-9H2,1-3H3. The third-order valence-electron chi connectivity index (χ3n) is 3.90. The van der Waals surface area contributed by atoms with E-state index in [-0.39, 0.29) is 17.2 Å². The Bertz CT molecular complexity index is 340. The number of carbonyl (C=O) groups is 2. The number of amides is 2. The van der Waals surface area contributed by atoms with Gasteiger partial charge in [0.2, 0.25) is 11.8 Å². The van der Waals surface area contributed by atoms with Gasteiger partial charge in [-0.05, 0) is 19.3 Å². The van der Waals surface area contributed by atoms with Crippen LogP contribution >= 0.6 is 0 Å². The van der Waals surface area contributed by atoms with Crippen molar-refractivity contribution in [1.82, 2.24) is 9.80 Å². The number of hydrogen-bond acceptors (Lipinski definition) is 2. The summed E-state index contributed by atoms with van der Waals surface area (Å²) in [5.41, 5.74) is -0.336. The molecule has 1 unspecified atom stereocenters. The fourth-order valence-corrected chi connectivity index (χ4v) is 2.95. The Hall–Kier alpha value is -1.06. The molecule has 0 aromatic rings. The van der Waals surface area contributed by atoms with Crippen molar-refractivity contribution in [2.24, 2.45) is 11.3 Å². The minimum absolute atomic E-state index is 0.149. The third-order valence-corrected chi connectivity index (χ3v) is 3.90. The topological polar surface area (TPSA) is 40.6 Å². The van der Waals surface area contributed by atoms with E-state index in [4.69, 9.17) is 0 Å². The molecule has 2 amide bonds. The van der Waals surface area contributed by atoms with Gasteiger partial charge in [0.1, 0.15) is 0 Å². The van der Waals surface area contributed by atoms with E-state index in [1.807, 2.05) is 16.7 Å². The summed E-state index contributed by atoms with van der Waals surface area (Å²) >= 11 is 0. The summed E-state index contributed by atoms with van der Waals surface area (Å²) in [4.78, 5) is 27.8. The highest BCUT2D eigenvalue weighted by Crippen LogP contribution is 2.42. The molecule has 0 aromatic heterocycles. The molecule has 1 spiro atoms. The van der Waals surface area contributed by atoms with Gasteiger partial charge in [-0.3, -0.25) is 9.59 Å². The van der Waals surface area contributed by atoms with Crippen LogP contribution in [0, 0.1) is 11.3 Å². The SMILES string of the molecule is CCN1CCC2(CC1=O)CN(CC(C)C)C2=O. The molecule has 0 N–H and O–H groups in total. The van der Waals surface area contributed by atoms with E-state index in [2.05, 4.69) is 13.8 Å². The molecule has 4 nitrogen and oxygen atoms in total. The molecule has 1 atom stereocenters. The Morgan fingerprint density at radius 2 is 2.00 bits per heavy atom. The Balaban J connectivity index is 1.96. The summed E-state index contributed by atoms with van der Waals surface area (Å²) in [6, 6.07) is 0. The summed E-state index contributed by atoms with van der Waals surface area (Å²) in [5.74, 6) is 0.856. The van der Waals surface area contributed by atoms with Crippen LogP contribution in [0.4, 0.5) is 0 Å². The smallest absolute Gasteiger partial charge is 0.231 e. The van der Waals surface area contributed by atoms with Crippen LogP contribution in [0.25, 0.3) is 0 Å². The molecular formula is C13H22N2O2. The van der Waals surface area contributed by atoms with Gasteiger partial charge in [0, 0.05) is 32.6 Å². The first-order valence-corrected chi connectivity index (χ1v) is 6.55. The molecule has 2 aliphatic rings. The van der Waals surface area contributed by atoms with Gasteiger partial charge in [-0.25, -0.2) is 0 Å². The van der Waals surface area contributed by atoms with E-state index < -0.39 is 0 Å². The molecule has 0 bridgehead atoms. The molecule has 4 heteroatoms. The average molecular weight is 238 g/mol. The van der Waals surface area contributed by atoms with Crippen LogP contribution < -0.4 is 0 Å². The lowest BCUT2D eigenvalue weighted by atomic mass is 9.70. The summed E-state index contributed by atoms with van der Waals surface area (Å²) in [5, 5.41) is 0. The van der Waals surface area contributed by atoms with Crippen molar-refractivity contribution in [1.29, 1.82) is 0 Å². The number of β-lactam (4-membered cyclic amide) rings is 1. The summed E-state index contributed by atoms with van der Waals surface area (Å²) in [6.45, 7) is 9.34. The van der Waals surface area contributed by atoms with Crippen LogP contribution in [0.5, 0.6) is 0 Å². The maximum Gasteiger partial charge on any atom is 0.231 e. The van der Waals surface area contributed by atoms with Crippen molar-refractivity contribution >= 4 is 11.8 Å². The number of hydrogen-bond donors (Lipinski definition) is 0. The monoisotopic (exact) mass is 238 g/mol. The van der Waals surface area contributed by atoms with Crippen molar-refractivity contribution < 1.29 is 9.59 Å². The second-order valence-corrected chi connectivity index (χ2v) is 5.76. The molecule has 2 aliphatic heterocycles. The molecule has 2 fully saturated rings. The molecule has 2 rings (SSSR count). The molecular weight excluding hydrogens is 216 g/mol. The Morgan fingerprint density at radius 1 is 1.29 bits per heavy atom. The Labute approximate surface area is 103 Å². The quantitative estimate of drug-likeness (QED) is 0.691. The number of carbonyl (C=O) groups excluding carboxylic acids is 2. The second-order valence-electron chi connectivity index (χ2n) is 5.76. The lowest BCUT2D eigenvalue weighted by Crippen LogP contribution is -2.66. The van der Waals surface area contributed by atoms with Gasteiger partial charge >= 0.3 is 0 Å². The molecule has 96 valence electrons. The molecule has 17 heavy (non-hydrogen) atoms. The van der Waals surface area contributed by atoms with Crippen LogP contribution in [0.3, 0.4) is 0 Å². The van der Waals surface area contributed by atoms with Crippen molar-refractivity contribution in [2.45, 2.75) is 33.6 Å². The van der Waals surface area contributed by atoms with E-state index in [1.54, 1.807) is 0 Å². The summed E-state index contributed by atoms with van der Waals surface area (Å²) in [6.07, 6.45) is 1.27. The van der Waals surface area contributed by atoms with Crippen LogP contribution in [0.1, 0.15) is 33.6 Å². The van der Waals surface area contributed by atoms with Crippen LogP contribution in [0.2, 0.25) is 0 Å². The molecule has 0 aromatic carbocycles. The van der Waals surface area contributed by atoms with E-state index in [1.165, 1.54) is 0 Å². The minimum atomic E-state index is -0.336. The highest BCUT2D eigenvalue weighted by Gasteiger charge is 2.54. The lowest BCUT2D eigenvalue weighted by Gasteiger charge is -2.52. The predicted molar refractivity (Wildman–Crippen MR) is 65.3 cm³/mol. The van der Waals surface area contributed by atoms with Crippen molar-refractivity contribution in [3.63, 3.8) is 0 Å². The van der Waals surface area contributed by atoms with Crippen molar-refractivity contribution in [3.05, 3.63) is 0 Å².